The van der Waals surface area contributed by atoms with Crippen LogP contribution < -0.4 is 19.8 Å². The van der Waals surface area contributed by atoms with Gasteiger partial charge in [0.05, 0.1) is 20.4 Å². The molecule has 126 valence electrons. The van der Waals surface area contributed by atoms with Gasteiger partial charge in [-0.3, -0.25) is 4.79 Å². The van der Waals surface area contributed by atoms with E-state index in [-0.39, 0.29) is 5.91 Å². The zero-order valence-electron chi connectivity index (χ0n) is 14.2. The summed E-state index contributed by atoms with van der Waals surface area (Å²) < 4.78 is 10.5. The van der Waals surface area contributed by atoms with Gasteiger partial charge in [-0.25, -0.2) is 5.43 Å². The number of amides is 1. The second-order valence-electron chi connectivity index (χ2n) is 5.22. The van der Waals surface area contributed by atoms with Crippen molar-refractivity contribution in [3.63, 3.8) is 0 Å². The molecule has 0 aliphatic carbocycles. The summed E-state index contributed by atoms with van der Waals surface area (Å²) in [4.78, 5) is 14.1. The van der Waals surface area contributed by atoms with Crippen molar-refractivity contribution in [2.75, 3.05) is 33.2 Å². The molecule has 0 unspecified atom stereocenters. The Balaban J connectivity index is 2.07. The number of hydrogen-bond acceptors (Lipinski definition) is 5. The molecule has 0 spiro atoms. The Labute approximate surface area is 141 Å². The Morgan fingerprint density at radius 3 is 2.38 bits per heavy atom. The molecule has 2 rings (SSSR count). The van der Waals surface area contributed by atoms with Crippen molar-refractivity contribution >= 4 is 17.8 Å². The van der Waals surface area contributed by atoms with E-state index < -0.39 is 0 Å². The van der Waals surface area contributed by atoms with Crippen molar-refractivity contribution in [3.8, 4) is 11.5 Å². The van der Waals surface area contributed by atoms with Gasteiger partial charge in [-0.1, -0.05) is 6.07 Å². The molecule has 6 heteroatoms. The number of anilines is 1. The van der Waals surface area contributed by atoms with Gasteiger partial charge in [0, 0.05) is 30.9 Å². The molecule has 2 aromatic carbocycles. The molecule has 0 saturated carbocycles. The van der Waals surface area contributed by atoms with Crippen LogP contribution in [0.3, 0.4) is 0 Å². The number of methoxy groups -OCH3 is 2. The Kier molecular flexibility index (Phi) is 5.78. The molecule has 24 heavy (non-hydrogen) atoms. The minimum absolute atomic E-state index is 0.279. The Morgan fingerprint density at radius 2 is 1.79 bits per heavy atom. The molecule has 0 radical (unpaired) electrons. The van der Waals surface area contributed by atoms with Crippen LogP contribution in [-0.2, 0) is 0 Å². The van der Waals surface area contributed by atoms with Crippen LogP contribution in [0.2, 0.25) is 0 Å². The first-order chi connectivity index (χ1) is 11.6. The first-order valence-electron chi connectivity index (χ1n) is 7.38. The summed E-state index contributed by atoms with van der Waals surface area (Å²) in [6, 6.07) is 12.7. The summed E-state index contributed by atoms with van der Waals surface area (Å²) in [6.07, 6.45) is 1.52. The quantitative estimate of drug-likeness (QED) is 0.654. The van der Waals surface area contributed by atoms with E-state index in [0.29, 0.717) is 22.6 Å². The Morgan fingerprint density at radius 1 is 1.08 bits per heavy atom. The summed E-state index contributed by atoms with van der Waals surface area (Å²) in [5, 5.41) is 3.99. The molecule has 2 aromatic rings. The molecule has 0 saturated heterocycles. The normalized spacial score (nSPS) is 10.5. The van der Waals surface area contributed by atoms with Gasteiger partial charge in [-0.2, -0.15) is 5.10 Å². The van der Waals surface area contributed by atoms with Crippen molar-refractivity contribution in [1.29, 1.82) is 0 Å². The van der Waals surface area contributed by atoms with Crippen LogP contribution in [0.15, 0.2) is 47.6 Å². The van der Waals surface area contributed by atoms with Crippen LogP contribution in [0.1, 0.15) is 15.9 Å². The maximum atomic E-state index is 12.1. The minimum atomic E-state index is -0.279. The number of benzene rings is 2. The van der Waals surface area contributed by atoms with Crippen molar-refractivity contribution in [1.82, 2.24) is 5.43 Å². The molecular weight excluding hydrogens is 306 g/mol. The zero-order valence-corrected chi connectivity index (χ0v) is 14.2. The highest BCUT2D eigenvalue weighted by Gasteiger charge is 2.08. The molecule has 0 bridgehead atoms. The predicted octanol–water partition coefficient (Wildman–Crippen LogP) is 2.53. The third kappa shape index (κ3) is 4.04. The number of para-hydroxylation sites is 1. The summed E-state index contributed by atoms with van der Waals surface area (Å²) >= 11 is 0. The van der Waals surface area contributed by atoms with Crippen molar-refractivity contribution < 1.29 is 14.3 Å². The van der Waals surface area contributed by atoms with Crippen LogP contribution in [0.4, 0.5) is 5.69 Å². The monoisotopic (exact) mass is 327 g/mol. The van der Waals surface area contributed by atoms with Crippen LogP contribution in [0, 0.1) is 0 Å². The molecule has 6 nitrogen and oxygen atoms in total. The molecule has 0 atom stereocenters. The molecular formula is C18H21N3O3. The van der Waals surface area contributed by atoms with Crippen molar-refractivity contribution in [3.05, 3.63) is 53.6 Å². The van der Waals surface area contributed by atoms with Crippen LogP contribution in [0.5, 0.6) is 11.5 Å². The molecule has 0 aliphatic rings. The van der Waals surface area contributed by atoms with E-state index in [4.69, 9.17) is 9.47 Å². The van der Waals surface area contributed by atoms with E-state index >= 15 is 0 Å². The predicted molar refractivity (Wildman–Crippen MR) is 95.4 cm³/mol. The molecule has 0 aromatic heterocycles. The number of hydrazone groups is 1. The van der Waals surface area contributed by atoms with E-state index in [1.54, 1.807) is 32.4 Å². The maximum Gasteiger partial charge on any atom is 0.271 e. The van der Waals surface area contributed by atoms with E-state index in [2.05, 4.69) is 10.5 Å². The third-order valence-electron chi connectivity index (χ3n) is 3.45. The number of nitrogens with zero attached hydrogens (tertiary/aromatic N) is 2. The van der Waals surface area contributed by atoms with Crippen LogP contribution >= 0.6 is 0 Å². The van der Waals surface area contributed by atoms with Gasteiger partial charge in [-0.15, -0.1) is 0 Å². The van der Waals surface area contributed by atoms with Gasteiger partial charge < -0.3 is 14.4 Å². The number of carbonyl (C=O) groups excluding carboxylic acids is 1. The number of rotatable bonds is 6. The molecule has 1 N–H and O–H groups in total. The zero-order chi connectivity index (χ0) is 17.5. The van der Waals surface area contributed by atoms with Gasteiger partial charge in [0.25, 0.3) is 5.91 Å². The number of hydrogen-bond donors (Lipinski definition) is 1. The van der Waals surface area contributed by atoms with Crippen LogP contribution in [0.25, 0.3) is 0 Å². The summed E-state index contributed by atoms with van der Waals surface area (Å²) in [5.41, 5.74) is 4.78. The van der Waals surface area contributed by atoms with Crippen molar-refractivity contribution in [2.45, 2.75) is 0 Å². The van der Waals surface area contributed by atoms with Gasteiger partial charge in [-0.05, 0) is 36.4 Å². The highest BCUT2D eigenvalue weighted by Crippen LogP contribution is 2.29. The van der Waals surface area contributed by atoms with Gasteiger partial charge >= 0.3 is 0 Å². The highest BCUT2D eigenvalue weighted by atomic mass is 16.5. The Bertz CT molecular complexity index is 725. The lowest BCUT2D eigenvalue weighted by molar-refractivity contribution is 0.0955. The maximum absolute atomic E-state index is 12.1. The fraction of sp³-hybridized carbons (Fsp3) is 0.222. The lowest BCUT2D eigenvalue weighted by Crippen LogP contribution is -2.18. The fourth-order valence-corrected chi connectivity index (χ4v) is 2.15. The second-order valence-corrected chi connectivity index (χ2v) is 5.22. The van der Waals surface area contributed by atoms with Crippen LogP contribution in [-0.4, -0.2) is 40.4 Å². The van der Waals surface area contributed by atoms with Gasteiger partial charge in [0.15, 0.2) is 11.5 Å². The third-order valence-corrected chi connectivity index (χ3v) is 3.45. The van der Waals surface area contributed by atoms with E-state index in [9.17, 15) is 4.79 Å². The Hall–Kier alpha value is -3.02. The number of ether oxygens (including phenoxy) is 2. The van der Waals surface area contributed by atoms with E-state index in [1.165, 1.54) is 6.21 Å². The van der Waals surface area contributed by atoms with E-state index in [1.807, 2.05) is 43.3 Å². The highest BCUT2D eigenvalue weighted by molar-refractivity contribution is 5.95. The van der Waals surface area contributed by atoms with Crippen molar-refractivity contribution in [2.24, 2.45) is 5.10 Å². The summed E-state index contributed by atoms with van der Waals surface area (Å²) in [7, 11) is 7.01. The van der Waals surface area contributed by atoms with E-state index in [0.717, 1.165) is 5.69 Å². The average molecular weight is 327 g/mol. The molecule has 1 amide bonds. The fourth-order valence-electron chi connectivity index (χ4n) is 2.15. The standard InChI is InChI=1S/C18H21N3O3/c1-21(2)15-10-8-13(9-11-15)18(22)20-19-12-14-6-5-7-16(23-3)17(14)24-4/h5-12H,1-4H3,(H,20,22)/b19-12+. The van der Waals surface area contributed by atoms with Gasteiger partial charge in [0.2, 0.25) is 0 Å². The van der Waals surface area contributed by atoms with Gasteiger partial charge in [0.1, 0.15) is 0 Å². The molecule has 0 heterocycles. The number of nitrogens with one attached hydrogen (secondary N) is 1. The second kappa shape index (κ2) is 8.01. The largest absolute Gasteiger partial charge is 0.493 e. The molecule has 0 fully saturated rings. The summed E-state index contributed by atoms with van der Waals surface area (Å²) in [6.45, 7) is 0. The summed E-state index contributed by atoms with van der Waals surface area (Å²) in [5.74, 6) is 0.888. The molecule has 0 aliphatic heterocycles. The minimum Gasteiger partial charge on any atom is -0.493 e. The first-order valence-corrected chi connectivity index (χ1v) is 7.38. The SMILES string of the molecule is COc1cccc(/C=N/NC(=O)c2ccc(N(C)C)cc2)c1OC. The lowest BCUT2D eigenvalue weighted by atomic mass is 10.2. The first kappa shape index (κ1) is 17.3. The average Bonchev–Trinajstić information content (AvgIpc) is 2.61. The lowest BCUT2D eigenvalue weighted by Gasteiger charge is -2.12. The smallest absolute Gasteiger partial charge is 0.271 e. The number of carbonyl (C=O) groups is 1. The topological polar surface area (TPSA) is 63.2 Å².